The minimum absolute atomic E-state index is 0.948. The van der Waals surface area contributed by atoms with E-state index in [4.69, 9.17) is 0 Å². The first kappa shape index (κ1) is 8.55. The van der Waals surface area contributed by atoms with E-state index in [1.54, 1.807) is 0 Å². The molecule has 2 unspecified atom stereocenters. The van der Waals surface area contributed by atoms with Gasteiger partial charge in [0.05, 0.1) is 0 Å². The minimum atomic E-state index is 0.948. The van der Waals surface area contributed by atoms with Crippen LogP contribution in [0, 0.1) is 11.8 Å². The lowest BCUT2D eigenvalue weighted by molar-refractivity contribution is 0.0905. The van der Waals surface area contributed by atoms with Gasteiger partial charge in [-0.1, -0.05) is 13.8 Å². The van der Waals surface area contributed by atoms with Crippen molar-refractivity contribution in [3.8, 4) is 0 Å². The van der Waals surface area contributed by atoms with Crippen LogP contribution < -0.4 is 0 Å². The molecular weight excluding hydrogens is 146 g/mol. The molecule has 0 radical (unpaired) electrons. The van der Waals surface area contributed by atoms with Crippen molar-refractivity contribution in [3.63, 3.8) is 0 Å². The molecule has 1 heterocycles. The van der Waals surface area contributed by atoms with Crippen LogP contribution in [-0.2, 0) is 0 Å². The third-order valence-corrected chi connectivity index (χ3v) is 3.62. The summed E-state index contributed by atoms with van der Waals surface area (Å²) in [6.45, 7) is 7.39. The Kier molecular flexibility index (Phi) is 2.40. The van der Waals surface area contributed by atoms with Crippen molar-refractivity contribution >= 4 is 0 Å². The minimum Gasteiger partial charge on any atom is -0.300 e. The summed E-state index contributed by atoms with van der Waals surface area (Å²) < 4.78 is 0. The van der Waals surface area contributed by atoms with Gasteiger partial charge in [-0.15, -0.1) is 0 Å². The third kappa shape index (κ3) is 1.52. The fraction of sp³-hybridized carbons (Fsp3) is 1.00. The second-order valence-electron chi connectivity index (χ2n) is 4.58. The number of rotatable bonds is 2. The summed E-state index contributed by atoms with van der Waals surface area (Å²) in [6.07, 6.45) is 5.91. The van der Waals surface area contributed by atoms with E-state index in [9.17, 15) is 0 Å². The van der Waals surface area contributed by atoms with E-state index in [0.717, 1.165) is 17.9 Å². The van der Waals surface area contributed by atoms with E-state index in [1.807, 2.05) is 0 Å². The van der Waals surface area contributed by atoms with Gasteiger partial charge in [-0.2, -0.15) is 0 Å². The highest BCUT2D eigenvalue weighted by Gasteiger charge is 2.39. The van der Waals surface area contributed by atoms with Gasteiger partial charge < -0.3 is 4.90 Å². The molecule has 1 saturated heterocycles. The highest BCUT2D eigenvalue weighted by molar-refractivity contribution is 4.93. The van der Waals surface area contributed by atoms with Gasteiger partial charge in [-0.25, -0.2) is 0 Å². The smallest absolute Gasteiger partial charge is 0.0149 e. The quantitative estimate of drug-likeness (QED) is 0.611. The summed E-state index contributed by atoms with van der Waals surface area (Å²) in [4.78, 5) is 2.71. The molecule has 1 aliphatic carbocycles. The fourth-order valence-corrected chi connectivity index (χ4v) is 2.87. The van der Waals surface area contributed by atoms with Gasteiger partial charge in [0.25, 0.3) is 0 Å². The first-order valence-electron chi connectivity index (χ1n) is 5.57. The molecule has 12 heavy (non-hydrogen) atoms. The predicted octanol–water partition coefficient (Wildman–Crippen LogP) is 2.52. The Bertz CT molecular complexity index is 151. The molecule has 0 amide bonds. The van der Waals surface area contributed by atoms with Crippen LogP contribution in [0.4, 0.5) is 0 Å². The summed E-state index contributed by atoms with van der Waals surface area (Å²) >= 11 is 0. The maximum Gasteiger partial charge on any atom is 0.0149 e. The summed E-state index contributed by atoms with van der Waals surface area (Å²) in [6, 6.07) is 0.948. The zero-order chi connectivity index (χ0) is 8.55. The lowest BCUT2D eigenvalue weighted by Crippen LogP contribution is -2.45. The van der Waals surface area contributed by atoms with E-state index in [-0.39, 0.29) is 0 Å². The van der Waals surface area contributed by atoms with Crippen LogP contribution in [0.15, 0.2) is 0 Å². The Morgan fingerprint density at radius 2 is 2.00 bits per heavy atom. The molecule has 0 spiro atoms. The molecule has 2 rings (SSSR count). The number of likely N-dealkylation sites (tertiary alicyclic amines) is 1. The Hall–Kier alpha value is -0.0400. The molecule has 1 heteroatoms. The molecule has 0 bridgehead atoms. The van der Waals surface area contributed by atoms with Crippen molar-refractivity contribution in [2.45, 2.75) is 45.6 Å². The average Bonchev–Trinajstić information content (AvgIpc) is 2.87. The molecule has 1 saturated carbocycles. The standard InChI is InChI=1S/C11H21N/c1-3-12-8-4-5-9(2)11(12)10-6-7-10/h9-11H,3-8H2,1-2H3. The van der Waals surface area contributed by atoms with Gasteiger partial charge in [0.2, 0.25) is 0 Å². The third-order valence-electron chi connectivity index (χ3n) is 3.62. The van der Waals surface area contributed by atoms with E-state index in [1.165, 1.54) is 38.8 Å². The van der Waals surface area contributed by atoms with Crippen LogP contribution >= 0.6 is 0 Å². The lowest BCUT2D eigenvalue weighted by atomic mass is 9.88. The van der Waals surface area contributed by atoms with E-state index in [2.05, 4.69) is 18.7 Å². The summed E-state index contributed by atoms with van der Waals surface area (Å²) in [5.74, 6) is 2.03. The second kappa shape index (κ2) is 3.37. The fourth-order valence-electron chi connectivity index (χ4n) is 2.87. The Morgan fingerprint density at radius 1 is 1.25 bits per heavy atom. The normalized spacial score (nSPS) is 38.5. The predicted molar refractivity (Wildman–Crippen MR) is 52.2 cm³/mol. The Balaban J connectivity index is 2.00. The van der Waals surface area contributed by atoms with Gasteiger partial charge in [-0.05, 0) is 50.6 Å². The molecular formula is C11H21N. The van der Waals surface area contributed by atoms with Crippen LogP contribution in [0.25, 0.3) is 0 Å². The van der Waals surface area contributed by atoms with E-state index in [0.29, 0.717) is 0 Å². The van der Waals surface area contributed by atoms with Crippen LogP contribution in [0.3, 0.4) is 0 Å². The Labute approximate surface area is 76.1 Å². The lowest BCUT2D eigenvalue weighted by Gasteiger charge is -2.39. The van der Waals surface area contributed by atoms with Crippen LogP contribution in [0.5, 0.6) is 0 Å². The molecule has 2 atom stereocenters. The van der Waals surface area contributed by atoms with Crippen LogP contribution in [-0.4, -0.2) is 24.0 Å². The van der Waals surface area contributed by atoms with Crippen molar-refractivity contribution in [1.29, 1.82) is 0 Å². The average molecular weight is 167 g/mol. The van der Waals surface area contributed by atoms with Crippen molar-refractivity contribution in [2.75, 3.05) is 13.1 Å². The van der Waals surface area contributed by atoms with Gasteiger partial charge in [-0.3, -0.25) is 0 Å². The maximum atomic E-state index is 2.71. The molecule has 0 aromatic heterocycles. The highest BCUT2D eigenvalue weighted by Crippen LogP contribution is 2.41. The van der Waals surface area contributed by atoms with Crippen LogP contribution in [0.1, 0.15) is 39.5 Å². The number of piperidine rings is 1. The Morgan fingerprint density at radius 3 is 2.58 bits per heavy atom. The van der Waals surface area contributed by atoms with Gasteiger partial charge >= 0.3 is 0 Å². The number of hydrogen-bond donors (Lipinski definition) is 0. The largest absolute Gasteiger partial charge is 0.300 e. The van der Waals surface area contributed by atoms with Gasteiger partial charge in [0.15, 0.2) is 0 Å². The molecule has 2 aliphatic rings. The molecule has 70 valence electrons. The molecule has 1 nitrogen and oxygen atoms in total. The summed E-state index contributed by atoms with van der Waals surface area (Å²) in [7, 11) is 0. The monoisotopic (exact) mass is 167 g/mol. The second-order valence-corrected chi connectivity index (χ2v) is 4.58. The van der Waals surface area contributed by atoms with Crippen molar-refractivity contribution < 1.29 is 0 Å². The number of nitrogens with zero attached hydrogens (tertiary/aromatic N) is 1. The zero-order valence-corrected chi connectivity index (χ0v) is 8.42. The summed E-state index contributed by atoms with van der Waals surface area (Å²) in [5.41, 5.74) is 0. The van der Waals surface area contributed by atoms with Crippen molar-refractivity contribution in [3.05, 3.63) is 0 Å². The van der Waals surface area contributed by atoms with E-state index >= 15 is 0 Å². The first-order chi connectivity index (χ1) is 5.83. The van der Waals surface area contributed by atoms with Gasteiger partial charge in [0.1, 0.15) is 0 Å². The highest BCUT2D eigenvalue weighted by atomic mass is 15.2. The molecule has 0 aromatic carbocycles. The molecule has 2 fully saturated rings. The summed E-state index contributed by atoms with van der Waals surface area (Å²) in [5, 5.41) is 0. The van der Waals surface area contributed by atoms with Crippen molar-refractivity contribution in [2.24, 2.45) is 11.8 Å². The zero-order valence-electron chi connectivity index (χ0n) is 8.42. The molecule has 1 aliphatic heterocycles. The topological polar surface area (TPSA) is 3.24 Å². The SMILES string of the molecule is CCN1CCCC(C)C1C1CC1. The number of hydrogen-bond acceptors (Lipinski definition) is 1. The van der Waals surface area contributed by atoms with Crippen LogP contribution in [0.2, 0.25) is 0 Å². The van der Waals surface area contributed by atoms with Crippen molar-refractivity contribution in [1.82, 2.24) is 4.90 Å². The molecule has 0 aromatic rings. The molecule has 0 N–H and O–H groups in total. The van der Waals surface area contributed by atoms with Gasteiger partial charge in [0, 0.05) is 6.04 Å². The van der Waals surface area contributed by atoms with E-state index < -0.39 is 0 Å². The maximum absolute atomic E-state index is 2.71. The first-order valence-corrected chi connectivity index (χ1v) is 5.57.